The molecule has 1 saturated carbocycles. The Kier molecular flexibility index (Phi) is 3.66. The number of aryl methyl sites for hydroxylation is 1. The van der Waals surface area contributed by atoms with Crippen molar-refractivity contribution in [2.75, 3.05) is 12.3 Å². The van der Waals surface area contributed by atoms with E-state index in [9.17, 15) is 4.79 Å². The van der Waals surface area contributed by atoms with Crippen molar-refractivity contribution in [1.29, 1.82) is 0 Å². The van der Waals surface area contributed by atoms with Gasteiger partial charge in [0.05, 0.1) is 12.3 Å². The molecule has 1 heterocycles. The van der Waals surface area contributed by atoms with Gasteiger partial charge in [0.2, 0.25) is 0 Å². The number of hydrogen-bond acceptors (Lipinski definition) is 4. The molecule has 2 N–H and O–H groups in total. The van der Waals surface area contributed by atoms with E-state index in [1.807, 2.05) is 6.92 Å². The largest absolute Gasteiger partial charge is 0.461 e. The van der Waals surface area contributed by atoms with Crippen LogP contribution in [0.2, 0.25) is 0 Å². The minimum absolute atomic E-state index is 0.241. The van der Waals surface area contributed by atoms with Crippen LogP contribution >= 0.6 is 0 Å². The fraction of sp³-hybridized carbons (Fsp3) is 0.667. The first-order valence-corrected chi connectivity index (χ1v) is 6.20. The first-order valence-electron chi connectivity index (χ1n) is 6.20. The van der Waals surface area contributed by atoms with Gasteiger partial charge in [0.15, 0.2) is 5.69 Å². The minimum atomic E-state index is -0.401. The van der Waals surface area contributed by atoms with E-state index in [2.05, 4.69) is 5.10 Å². The standard InChI is InChI=1S/C12H19N3O2/c1-2-15-7-10(13)11(14-15)12(16)17-8-9-5-3-4-6-9/h7,9H,2-6,8,13H2,1H3. The highest BCUT2D eigenvalue weighted by molar-refractivity contribution is 5.92. The van der Waals surface area contributed by atoms with Gasteiger partial charge in [-0.2, -0.15) is 5.10 Å². The van der Waals surface area contributed by atoms with E-state index >= 15 is 0 Å². The average Bonchev–Trinajstić information content (AvgIpc) is 2.94. The van der Waals surface area contributed by atoms with Gasteiger partial charge in [0.1, 0.15) is 0 Å². The summed E-state index contributed by atoms with van der Waals surface area (Å²) in [5.41, 5.74) is 6.35. The van der Waals surface area contributed by atoms with Crippen LogP contribution in [-0.4, -0.2) is 22.4 Å². The van der Waals surface area contributed by atoms with Gasteiger partial charge in [-0.1, -0.05) is 12.8 Å². The number of esters is 1. The van der Waals surface area contributed by atoms with Gasteiger partial charge in [-0.15, -0.1) is 0 Å². The van der Waals surface area contributed by atoms with Crippen LogP contribution in [0.15, 0.2) is 6.20 Å². The van der Waals surface area contributed by atoms with Crippen LogP contribution in [0, 0.1) is 5.92 Å². The zero-order valence-electron chi connectivity index (χ0n) is 10.2. The molecule has 5 heteroatoms. The van der Waals surface area contributed by atoms with Crippen molar-refractivity contribution in [3.8, 4) is 0 Å². The molecule has 0 amide bonds. The number of aromatic nitrogens is 2. The summed E-state index contributed by atoms with van der Waals surface area (Å²) in [5.74, 6) is 0.120. The number of hydrogen-bond donors (Lipinski definition) is 1. The van der Waals surface area contributed by atoms with Crippen molar-refractivity contribution in [3.63, 3.8) is 0 Å². The molecule has 1 aromatic rings. The molecule has 1 fully saturated rings. The fourth-order valence-electron chi connectivity index (χ4n) is 2.20. The monoisotopic (exact) mass is 237 g/mol. The highest BCUT2D eigenvalue weighted by Crippen LogP contribution is 2.25. The summed E-state index contributed by atoms with van der Waals surface area (Å²) in [6.45, 7) is 3.14. The molecule has 0 atom stereocenters. The smallest absolute Gasteiger partial charge is 0.361 e. The second-order valence-corrected chi connectivity index (χ2v) is 4.54. The summed E-state index contributed by atoms with van der Waals surface area (Å²) >= 11 is 0. The Hall–Kier alpha value is -1.52. The van der Waals surface area contributed by atoms with Crippen LogP contribution in [0.25, 0.3) is 0 Å². The summed E-state index contributed by atoms with van der Waals surface area (Å²) in [6.07, 6.45) is 6.47. The number of nitrogens with two attached hydrogens (primary N) is 1. The second-order valence-electron chi connectivity index (χ2n) is 4.54. The van der Waals surface area contributed by atoms with Gasteiger partial charge in [-0.05, 0) is 25.7 Å². The van der Waals surface area contributed by atoms with Crippen LogP contribution in [0.4, 0.5) is 5.69 Å². The maximum atomic E-state index is 11.8. The maximum absolute atomic E-state index is 11.8. The summed E-state index contributed by atoms with van der Waals surface area (Å²) in [7, 11) is 0. The Morgan fingerprint density at radius 2 is 2.29 bits per heavy atom. The van der Waals surface area contributed by atoms with E-state index in [-0.39, 0.29) is 5.69 Å². The second kappa shape index (κ2) is 5.21. The van der Waals surface area contributed by atoms with E-state index in [4.69, 9.17) is 10.5 Å². The van der Waals surface area contributed by atoms with Gasteiger partial charge in [-0.25, -0.2) is 4.79 Å². The van der Waals surface area contributed by atoms with Gasteiger partial charge in [0, 0.05) is 12.7 Å². The zero-order valence-corrected chi connectivity index (χ0v) is 10.2. The number of rotatable bonds is 4. The summed E-state index contributed by atoms with van der Waals surface area (Å²) in [4.78, 5) is 11.8. The van der Waals surface area contributed by atoms with E-state index in [0.29, 0.717) is 24.8 Å². The molecule has 5 nitrogen and oxygen atoms in total. The molecule has 0 saturated heterocycles. The summed E-state index contributed by atoms with van der Waals surface area (Å²) in [5, 5.41) is 4.09. The van der Waals surface area contributed by atoms with Crippen molar-refractivity contribution >= 4 is 11.7 Å². The van der Waals surface area contributed by atoms with Crippen molar-refractivity contribution in [1.82, 2.24) is 9.78 Å². The molecule has 2 rings (SSSR count). The molecule has 0 aromatic carbocycles. The highest BCUT2D eigenvalue weighted by atomic mass is 16.5. The van der Waals surface area contributed by atoms with E-state index < -0.39 is 5.97 Å². The number of ether oxygens (including phenoxy) is 1. The van der Waals surface area contributed by atoms with Crippen molar-refractivity contribution in [3.05, 3.63) is 11.9 Å². The van der Waals surface area contributed by atoms with E-state index in [1.165, 1.54) is 12.8 Å². The number of carbonyl (C=O) groups excluding carboxylic acids is 1. The van der Waals surface area contributed by atoms with Gasteiger partial charge in [0.25, 0.3) is 0 Å². The van der Waals surface area contributed by atoms with Crippen molar-refractivity contribution < 1.29 is 9.53 Å². The molecule has 0 aliphatic heterocycles. The first kappa shape index (κ1) is 12.0. The Bertz CT molecular complexity index is 394. The number of nitrogen functional groups attached to an aromatic ring is 1. The Morgan fingerprint density at radius 1 is 1.59 bits per heavy atom. The van der Waals surface area contributed by atoms with Crippen LogP contribution < -0.4 is 5.73 Å². The van der Waals surface area contributed by atoms with Crippen LogP contribution in [0.5, 0.6) is 0 Å². The molecule has 94 valence electrons. The fourth-order valence-corrected chi connectivity index (χ4v) is 2.20. The Balaban J connectivity index is 1.91. The molecule has 0 unspecified atom stereocenters. The molecule has 17 heavy (non-hydrogen) atoms. The Morgan fingerprint density at radius 3 is 2.88 bits per heavy atom. The maximum Gasteiger partial charge on any atom is 0.361 e. The quantitative estimate of drug-likeness (QED) is 0.811. The SMILES string of the molecule is CCn1cc(N)c(C(=O)OCC2CCCC2)n1. The van der Waals surface area contributed by atoms with Crippen molar-refractivity contribution in [2.45, 2.75) is 39.2 Å². The van der Waals surface area contributed by atoms with Crippen LogP contribution in [0.1, 0.15) is 43.1 Å². The molecule has 0 spiro atoms. The normalized spacial score (nSPS) is 16.3. The van der Waals surface area contributed by atoms with Gasteiger partial charge in [-0.3, -0.25) is 4.68 Å². The third-order valence-corrected chi connectivity index (χ3v) is 3.23. The van der Waals surface area contributed by atoms with Crippen LogP contribution in [-0.2, 0) is 11.3 Å². The lowest BCUT2D eigenvalue weighted by atomic mass is 10.1. The molecule has 1 aromatic heterocycles. The number of carbonyl (C=O) groups is 1. The zero-order chi connectivity index (χ0) is 12.3. The van der Waals surface area contributed by atoms with E-state index in [0.717, 1.165) is 12.8 Å². The summed E-state index contributed by atoms with van der Waals surface area (Å²) < 4.78 is 6.90. The molecular weight excluding hydrogens is 218 g/mol. The topological polar surface area (TPSA) is 70.1 Å². The molecule has 1 aliphatic rings. The third kappa shape index (κ3) is 2.78. The lowest BCUT2D eigenvalue weighted by molar-refractivity contribution is 0.0436. The predicted octanol–water partition coefficient (Wildman–Crippen LogP) is 1.83. The van der Waals surface area contributed by atoms with Crippen molar-refractivity contribution in [2.24, 2.45) is 5.92 Å². The Labute approximate surface area is 101 Å². The average molecular weight is 237 g/mol. The molecular formula is C12H19N3O2. The predicted molar refractivity (Wildman–Crippen MR) is 64.6 cm³/mol. The van der Waals surface area contributed by atoms with E-state index in [1.54, 1.807) is 10.9 Å². The number of nitrogens with zero attached hydrogens (tertiary/aromatic N) is 2. The van der Waals surface area contributed by atoms with Gasteiger partial charge >= 0.3 is 5.97 Å². The molecule has 1 aliphatic carbocycles. The molecule has 0 bridgehead atoms. The lowest BCUT2D eigenvalue weighted by Crippen LogP contribution is -2.14. The lowest BCUT2D eigenvalue weighted by Gasteiger charge is -2.08. The number of anilines is 1. The first-order chi connectivity index (χ1) is 8.20. The third-order valence-electron chi connectivity index (χ3n) is 3.23. The minimum Gasteiger partial charge on any atom is -0.461 e. The van der Waals surface area contributed by atoms with Crippen LogP contribution in [0.3, 0.4) is 0 Å². The molecule has 0 radical (unpaired) electrons. The van der Waals surface area contributed by atoms with Gasteiger partial charge < -0.3 is 10.5 Å². The highest BCUT2D eigenvalue weighted by Gasteiger charge is 2.20. The summed E-state index contributed by atoms with van der Waals surface area (Å²) in [6, 6.07) is 0.